The third-order valence-corrected chi connectivity index (χ3v) is 3.70. The summed E-state index contributed by atoms with van der Waals surface area (Å²) in [4.78, 5) is 13.9. The van der Waals surface area contributed by atoms with Gasteiger partial charge in [0.1, 0.15) is 4.88 Å². The van der Waals surface area contributed by atoms with Gasteiger partial charge in [-0.05, 0) is 18.2 Å². The third-order valence-electron chi connectivity index (χ3n) is 2.29. The van der Waals surface area contributed by atoms with Crippen LogP contribution in [-0.2, 0) is 0 Å². The van der Waals surface area contributed by atoms with Crippen molar-refractivity contribution >= 4 is 44.6 Å². The zero-order valence-electron chi connectivity index (χ0n) is 8.95. The van der Waals surface area contributed by atoms with E-state index in [1.54, 1.807) is 26.2 Å². The zero-order chi connectivity index (χ0) is 11.9. The van der Waals surface area contributed by atoms with Crippen LogP contribution in [0.1, 0.15) is 9.67 Å². The van der Waals surface area contributed by atoms with Crippen LogP contribution < -0.4 is 5.73 Å². The molecule has 0 aliphatic rings. The Kier molecular flexibility index (Phi) is 2.78. The van der Waals surface area contributed by atoms with Crippen LogP contribution in [0, 0.1) is 0 Å². The molecule has 0 spiro atoms. The lowest BCUT2D eigenvalue weighted by atomic mass is 10.2. The SMILES string of the molecule is CN(C)C(=O)c1sc2ccc(Cl)cc2c1N. The number of hydrogen-bond acceptors (Lipinski definition) is 3. The molecule has 1 heterocycles. The molecule has 0 saturated carbocycles. The predicted molar refractivity (Wildman–Crippen MR) is 69.3 cm³/mol. The molecule has 2 aromatic rings. The number of anilines is 1. The minimum absolute atomic E-state index is 0.0742. The standard InChI is InChI=1S/C11H11ClN2OS/c1-14(2)11(15)10-9(13)7-5-6(12)3-4-8(7)16-10/h3-5H,13H2,1-2H3. The van der Waals surface area contributed by atoms with Crippen LogP contribution in [-0.4, -0.2) is 24.9 Å². The average molecular weight is 255 g/mol. The van der Waals surface area contributed by atoms with E-state index in [4.69, 9.17) is 17.3 Å². The van der Waals surface area contributed by atoms with Crippen molar-refractivity contribution in [2.45, 2.75) is 0 Å². The van der Waals surface area contributed by atoms with Crippen LogP contribution in [0.3, 0.4) is 0 Å². The molecule has 1 aromatic heterocycles. The van der Waals surface area contributed by atoms with Crippen LogP contribution in [0.2, 0.25) is 5.02 Å². The van der Waals surface area contributed by atoms with E-state index >= 15 is 0 Å². The highest BCUT2D eigenvalue weighted by Crippen LogP contribution is 2.35. The van der Waals surface area contributed by atoms with Gasteiger partial charge in [0.25, 0.3) is 5.91 Å². The molecule has 0 aliphatic carbocycles. The molecule has 0 bridgehead atoms. The molecule has 1 aromatic carbocycles. The van der Waals surface area contributed by atoms with Crippen molar-refractivity contribution in [1.82, 2.24) is 4.90 Å². The Balaban J connectivity index is 2.65. The number of nitrogens with zero attached hydrogens (tertiary/aromatic N) is 1. The van der Waals surface area contributed by atoms with Crippen molar-refractivity contribution in [3.05, 3.63) is 28.1 Å². The number of amides is 1. The van der Waals surface area contributed by atoms with E-state index in [0.717, 1.165) is 10.1 Å². The molecule has 0 radical (unpaired) electrons. The average Bonchev–Trinajstić information content (AvgIpc) is 2.55. The summed E-state index contributed by atoms with van der Waals surface area (Å²) in [6.07, 6.45) is 0. The van der Waals surface area contributed by atoms with Gasteiger partial charge in [0, 0.05) is 29.2 Å². The Hall–Kier alpha value is -1.26. The van der Waals surface area contributed by atoms with E-state index in [0.29, 0.717) is 15.6 Å². The molecule has 2 N–H and O–H groups in total. The second-order valence-corrected chi connectivity index (χ2v) is 5.17. The topological polar surface area (TPSA) is 46.3 Å². The molecule has 0 atom stereocenters. The van der Waals surface area contributed by atoms with Gasteiger partial charge >= 0.3 is 0 Å². The van der Waals surface area contributed by atoms with E-state index in [9.17, 15) is 4.79 Å². The molecule has 16 heavy (non-hydrogen) atoms. The highest BCUT2D eigenvalue weighted by molar-refractivity contribution is 7.21. The van der Waals surface area contributed by atoms with Gasteiger partial charge in [0.15, 0.2) is 0 Å². The summed E-state index contributed by atoms with van der Waals surface area (Å²) in [6.45, 7) is 0. The van der Waals surface area contributed by atoms with Crippen LogP contribution in [0.15, 0.2) is 18.2 Å². The summed E-state index contributed by atoms with van der Waals surface area (Å²) in [6, 6.07) is 5.46. The number of nitrogens with two attached hydrogens (primary N) is 1. The van der Waals surface area contributed by atoms with Gasteiger partial charge in [-0.2, -0.15) is 0 Å². The van der Waals surface area contributed by atoms with Crippen molar-refractivity contribution in [2.75, 3.05) is 19.8 Å². The number of hydrogen-bond donors (Lipinski definition) is 1. The maximum Gasteiger partial charge on any atom is 0.265 e. The Morgan fingerprint density at radius 3 is 2.75 bits per heavy atom. The highest BCUT2D eigenvalue weighted by Gasteiger charge is 2.17. The fourth-order valence-electron chi connectivity index (χ4n) is 1.45. The molecule has 0 unspecified atom stereocenters. The van der Waals surface area contributed by atoms with Crippen molar-refractivity contribution in [3.8, 4) is 0 Å². The summed E-state index contributed by atoms with van der Waals surface area (Å²) in [7, 11) is 3.41. The number of carbonyl (C=O) groups excluding carboxylic acids is 1. The molecular formula is C11H11ClN2OS. The van der Waals surface area contributed by atoms with E-state index < -0.39 is 0 Å². The number of benzene rings is 1. The smallest absolute Gasteiger partial charge is 0.265 e. The second-order valence-electron chi connectivity index (χ2n) is 3.68. The Labute approximate surface area is 102 Å². The minimum Gasteiger partial charge on any atom is -0.397 e. The van der Waals surface area contributed by atoms with Gasteiger partial charge in [-0.15, -0.1) is 11.3 Å². The number of thiophene rings is 1. The summed E-state index contributed by atoms with van der Waals surface area (Å²) in [5.74, 6) is -0.0742. The maximum atomic E-state index is 11.8. The van der Waals surface area contributed by atoms with Crippen LogP contribution >= 0.6 is 22.9 Å². The lowest BCUT2D eigenvalue weighted by molar-refractivity contribution is 0.0833. The van der Waals surface area contributed by atoms with Crippen molar-refractivity contribution in [2.24, 2.45) is 0 Å². The number of nitrogen functional groups attached to an aromatic ring is 1. The summed E-state index contributed by atoms with van der Waals surface area (Å²) < 4.78 is 0.979. The first kappa shape index (κ1) is 11.2. The van der Waals surface area contributed by atoms with E-state index in [2.05, 4.69) is 0 Å². The number of carbonyl (C=O) groups is 1. The maximum absolute atomic E-state index is 11.8. The van der Waals surface area contributed by atoms with Gasteiger partial charge in [-0.25, -0.2) is 0 Å². The first-order valence-electron chi connectivity index (χ1n) is 4.70. The fourth-order valence-corrected chi connectivity index (χ4v) is 2.75. The monoisotopic (exact) mass is 254 g/mol. The minimum atomic E-state index is -0.0742. The molecule has 0 aliphatic heterocycles. The zero-order valence-corrected chi connectivity index (χ0v) is 10.5. The Morgan fingerprint density at radius 2 is 2.12 bits per heavy atom. The largest absolute Gasteiger partial charge is 0.397 e. The van der Waals surface area contributed by atoms with Crippen molar-refractivity contribution in [3.63, 3.8) is 0 Å². The third kappa shape index (κ3) is 1.74. The predicted octanol–water partition coefficient (Wildman–Crippen LogP) is 2.84. The summed E-state index contributed by atoms with van der Waals surface area (Å²) in [5.41, 5.74) is 6.47. The van der Waals surface area contributed by atoms with Gasteiger partial charge in [0.05, 0.1) is 5.69 Å². The number of halogens is 1. The molecule has 3 nitrogen and oxygen atoms in total. The normalized spacial score (nSPS) is 10.7. The first-order valence-corrected chi connectivity index (χ1v) is 5.89. The molecular weight excluding hydrogens is 244 g/mol. The van der Waals surface area contributed by atoms with Gasteiger partial charge < -0.3 is 10.6 Å². The summed E-state index contributed by atoms with van der Waals surface area (Å²) in [5, 5.41) is 1.48. The number of rotatable bonds is 1. The second kappa shape index (κ2) is 3.96. The molecule has 0 saturated heterocycles. The van der Waals surface area contributed by atoms with Gasteiger partial charge in [-0.3, -0.25) is 4.79 Å². The van der Waals surface area contributed by atoms with Crippen LogP contribution in [0.4, 0.5) is 5.69 Å². The van der Waals surface area contributed by atoms with E-state index in [1.807, 2.05) is 6.07 Å². The highest BCUT2D eigenvalue weighted by atomic mass is 35.5. The van der Waals surface area contributed by atoms with E-state index in [-0.39, 0.29) is 5.91 Å². The molecule has 0 fully saturated rings. The fraction of sp³-hybridized carbons (Fsp3) is 0.182. The van der Waals surface area contributed by atoms with Crippen LogP contribution in [0.5, 0.6) is 0 Å². The van der Waals surface area contributed by atoms with Crippen LogP contribution in [0.25, 0.3) is 10.1 Å². The first-order chi connectivity index (χ1) is 7.50. The number of fused-ring (bicyclic) bond motifs is 1. The lowest BCUT2D eigenvalue weighted by Crippen LogP contribution is -2.21. The Bertz CT molecular complexity index is 562. The lowest BCUT2D eigenvalue weighted by Gasteiger charge is -2.08. The van der Waals surface area contributed by atoms with Gasteiger partial charge in [-0.1, -0.05) is 11.6 Å². The van der Waals surface area contributed by atoms with Crippen molar-refractivity contribution in [1.29, 1.82) is 0 Å². The molecule has 1 amide bonds. The summed E-state index contributed by atoms with van der Waals surface area (Å²) >= 11 is 7.29. The Morgan fingerprint density at radius 1 is 1.44 bits per heavy atom. The molecule has 5 heteroatoms. The molecule has 2 rings (SSSR count). The van der Waals surface area contributed by atoms with Gasteiger partial charge in [0.2, 0.25) is 0 Å². The quantitative estimate of drug-likeness (QED) is 0.851. The molecule has 84 valence electrons. The van der Waals surface area contributed by atoms with Crippen molar-refractivity contribution < 1.29 is 4.79 Å². The van der Waals surface area contributed by atoms with E-state index in [1.165, 1.54) is 16.2 Å².